The van der Waals surface area contributed by atoms with E-state index in [4.69, 9.17) is 18.6 Å². The van der Waals surface area contributed by atoms with Crippen molar-refractivity contribution in [2.24, 2.45) is 0 Å². The molecule has 2 aromatic carbocycles. The summed E-state index contributed by atoms with van der Waals surface area (Å²) in [6, 6.07) is 11.2. The first-order chi connectivity index (χ1) is 24.1. The zero-order valence-electron chi connectivity index (χ0n) is 31.3. The van der Waals surface area contributed by atoms with Crippen molar-refractivity contribution in [3.63, 3.8) is 0 Å². The van der Waals surface area contributed by atoms with Crippen molar-refractivity contribution >= 4 is 31.7 Å². The molecule has 14 heteroatoms. The summed E-state index contributed by atoms with van der Waals surface area (Å²) < 4.78 is 66.0. The lowest BCUT2D eigenvalue weighted by atomic mass is 9.83. The Morgan fingerprint density at radius 3 is 2.40 bits per heavy atom. The lowest BCUT2D eigenvalue weighted by Crippen LogP contribution is -2.46. The molecule has 0 bridgehead atoms. The second-order valence-electron chi connectivity index (χ2n) is 16.2. The molecule has 0 saturated carbocycles. The lowest BCUT2D eigenvalue weighted by Gasteiger charge is -2.39. The number of alkyl halides is 3. The first-order valence-electron chi connectivity index (χ1n) is 17.4. The lowest BCUT2D eigenvalue weighted by molar-refractivity contribution is -0.139. The van der Waals surface area contributed by atoms with E-state index in [-0.39, 0.29) is 40.6 Å². The molecule has 3 aromatic rings. The van der Waals surface area contributed by atoms with Crippen LogP contribution in [-0.4, -0.2) is 62.4 Å². The minimum absolute atomic E-state index is 0.0569. The van der Waals surface area contributed by atoms with Gasteiger partial charge in [-0.1, -0.05) is 27.7 Å². The molecule has 1 amide bonds. The van der Waals surface area contributed by atoms with Crippen LogP contribution in [0, 0.1) is 11.3 Å². The Morgan fingerprint density at radius 2 is 1.79 bits per heavy atom. The van der Waals surface area contributed by atoms with Gasteiger partial charge in [-0.2, -0.15) is 18.4 Å². The van der Waals surface area contributed by atoms with Crippen LogP contribution in [-0.2, 0) is 25.5 Å². The van der Waals surface area contributed by atoms with Crippen LogP contribution in [0.4, 0.5) is 35.3 Å². The van der Waals surface area contributed by atoms with Gasteiger partial charge in [0.2, 0.25) is 5.95 Å². The average molecular weight is 740 g/mol. The fourth-order valence-corrected chi connectivity index (χ4v) is 7.01. The van der Waals surface area contributed by atoms with Gasteiger partial charge in [0, 0.05) is 48.9 Å². The van der Waals surface area contributed by atoms with Gasteiger partial charge in [0.15, 0.2) is 8.32 Å². The molecule has 0 spiro atoms. The van der Waals surface area contributed by atoms with Gasteiger partial charge in [-0.15, -0.1) is 0 Å². The van der Waals surface area contributed by atoms with Crippen LogP contribution >= 0.6 is 0 Å². The van der Waals surface area contributed by atoms with E-state index >= 15 is 0 Å². The highest BCUT2D eigenvalue weighted by molar-refractivity contribution is 6.74. The van der Waals surface area contributed by atoms with Gasteiger partial charge in [-0.25, -0.2) is 14.8 Å². The van der Waals surface area contributed by atoms with Gasteiger partial charge in [-0.3, -0.25) is 4.90 Å². The molecule has 2 aliphatic rings. The highest BCUT2D eigenvalue weighted by Gasteiger charge is 2.47. The molecule has 1 aromatic heterocycles. The number of nitrogens with zero attached hydrogens (tertiary/aromatic N) is 4. The monoisotopic (exact) mass is 739 g/mol. The summed E-state index contributed by atoms with van der Waals surface area (Å²) in [4.78, 5) is 24.0. The molecule has 1 unspecified atom stereocenters. The quantitative estimate of drug-likeness (QED) is 0.226. The predicted molar refractivity (Wildman–Crippen MR) is 195 cm³/mol. The predicted octanol–water partition coefficient (Wildman–Crippen LogP) is 9.37. The van der Waals surface area contributed by atoms with Crippen LogP contribution in [0.5, 0.6) is 5.75 Å². The number of aromatic nitrogens is 2. The summed E-state index contributed by atoms with van der Waals surface area (Å²) in [5.41, 5.74) is 0.176. The van der Waals surface area contributed by atoms with Crippen LogP contribution in [0.2, 0.25) is 18.1 Å². The second kappa shape index (κ2) is 14.3. The fraction of sp³-hybridized carbons (Fsp3) is 0.526. The number of carbonyl (C=O) groups is 1. The largest absolute Gasteiger partial charge is 0.490 e. The van der Waals surface area contributed by atoms with Crippen molar-refractivity contribution in [2.45, 2.75) is 103 Å². The number of benzene rings is 2. The van der Waals surface area contributed by atoms with E-state index in [1.165, 1.54) is 23.2 Å². The molecule has 280 valence electrons. The molecule has 10 nitrogen and oxygen atoms in total. The smallest absolute Gasteiger partial charge is 0.420 e. The fourth-order valence-electron chi connectivity index (χ4n) is 5.90. The van der Waals surface area contributed by atoms with E-state index in [0.717, 1.165) is 11.6 Å². The number of halogens is 3. The highest BCUT2D eigenvalue weighted by atomic mass is 28.4. The molecule has 2 aliphatic heterocycles. The first-order valence-corrected chi connectivity index (χ1v) is 20.3. The maximum atomic E-state index is 14.2. The minimum atomic E-state index is -4.66. The Labute approximate surface area is 304 Å². The highest BCUT2D eigenvalue weighted by Crippen LogP contribution is 2.47. The summed E-state index contributed by atoms with van der Waals surface area (Å²) in [7, 11) is -2.22. The van der Waals surface area contributed by atoms with Crippen LogP contribution in [0.25, 0.3) is 11.3 Å². The topological polar surface area (TPSA) is 119 Å². The van der Waals surface area contributed by atoms with E-state index in [0.29, 0.717) is 49.6 Å². The van der Waals surface area contributed by atoms with Crippen LogP contribution in [0.1, 0.15) is 78.0 Å². The van der Waals surface area contributed by atoms with Crippen LogP contribution in [0.3, 0.4) is 0 Å². The van der Waals surface area contributed by atoms with E-state index in [9.17, 15) is 23.2 Å². The third-order valence-electron chi connectivity index (χ3n) is 9.78. The summed E-state index contributed by atoms with van der Waals surface area (Å²) in [5, 5.41) is 13.2. The zero-order chi connectivity index (χ0) is 38.3. The number of hydrogen-bond donors (Lipinski definition) is 1. The summed E-state index contributed by atoms with van der Waals surface area (Å²) in [6.45, 7) is 19.6. The molecule has 52 heavy (non-hydrogen) atoms. The number of amides is 1. The van der Waals surface area contributed by atoms with Crippen molar-refractivity contribution in [3.05, 3.63) is 59.3 Å². The Balaban J connectivity index is 1.50. The van der Waals surface area contributed by atoms with Gasteiger partial charge in [0.1, 0.15) is 23.5 Å². The first kappa shape index (κ1) is 39.0. The van der Waals surface area contributed by atoms with Crippen molar-refractivity contribution in [1.82, 2.24) is 9.97 Å². The van der Waals surface area contributed by atoms with Gasteiger partial charge in [-0.05, 0) is 80.9 Å². The summed E-state index contributed by atoms with van der Waals surface area (Å²) in [6.07, 6.45) is -3.08. The molecule has 1 N–H and O–H groups in total. The number of hydrogen-bond acceptors (Lipinski definition) is 9. The van der Waals surface area contributed by atoms with Crippen molar-refractivity contribution in [3.8, 4) is 23.1 Å². The van der Waals surface area contributed by atoms with E-state index in [2.05, 4.69) is 55.2 Å². The van der Waals surface area contributed by atoms with Gasteiger partial charge >= 0.3 is 12.3 Å². The molecule has 1 fully saturated rings. The Hall–Kier alpha value is -4.19. The van der Waals surface area contributed by atoms with Gasteiger partial charge < -0.3 is 24.0 Å². The number of nitrogens with one attached hydrogen (secondary N) is 1. The van der Waals surface area contributed by atoms with Crippen molar-refractivity contribution in [2.75, 3.05) is 36.6 Å². The number of nitriles is 1. The molecular formula is C38H48F3N5O5Si. The molecule has 3 heterocycles. The van der Waals surface area contributed by atoms with Gasteiger partial charge in [0.25, 0.3) is 0 Å². The second-order valence-corrected chi connectivity index (χ2v) is 21.0. The third-order valence-corrected chi connectivity index (χ3v) is 14.3. The minimum Gasteiger partial charge on any atom is -0.490 e. The number of anilines is 3. The van der Waals surface area contributed by atoms with Crippen molar-refractivity contribution < 1.29 is 36.6 Å². The molecule has 1 atom stereocenters. The number of ether oxygens (including phenoxy) is 3. The molecule has 0 radical (unpaired) electrons. The third kappa shape index (κ3) is 8.70. The Kier molecular flexibility index (Phi) is 10.7. The van der Waals surface area contributed by atoms with Crippen LogP contribution < -0.4 is 15.0 Å². The number of carbonyl (C=O) groups excluding carboxylic acids is 1. The molecular weight excluding hydrogens is 692 g/mol. The summed E-state index contributed by atoms with van der Waals surface area (Å²) >= 11 is 0. The normalized spacial score (nSPS) is 18.5. The molecule has 1 saturated heterocycles. The number of rotatable bonds is 8. The van der Waals surface area contributed by atoms with E-state index in [1.54, 1.807) is 32.9 Å². The SMILES string of the molecule is CC(C)(C)OC(=O)N1CC(C)(CO[Si](C)(C)C(C)(C)C)c2cc(-c3ccnc(Nc4ccc(OC5CCOCC5)c(C(F)(F)F)c4)n3)cc(C#N)c21. The van der Waals surface area contributed by atoms with E-state index < -0.39 is 37.2 Å². The van der Waals surface area contributed by atoms with Gasteiger partial charge in [0.05, 0.1) is 35.7 Å². The molecule has 0 aliphatic carbocycles. The molecule has 5 rings (SSSR count). The standard InChI is InChI=1S/C38H48F3N5O5Si/c1-35(2,3)51-34(47)46-22-37(7,23-49-52(8,9)36(4,5)6)29-19-24(18-25(21-42)32(29)46)30-12-15-43-33(45-30)44-26-10-11-31(28(20-26)38(39,40)41)50-27-13-16-48-17-14-27/h10-12,15,18-20,27H,13-14,16-17,22-23H2,1-9H3,(H,43,44,45). The van der Waals surface area contributed by atoms with E-state index in [1.807, 2.05) is 13.0 Å². The maximum Gasteiger partial charge on any atom is 0.420 e. The Morgan fingerprint density at radius 1 is 1.10 bits per heavy atom. The number of fused-ring (bicyclic) bond motifs is 1. The van der Waals surface area contributed by atoms with Crippen molar-refractivity contribution in [1.29, 1.82) is 5.26 Å². The van der Waals surface area contributed by atoms with Crippen LogP contribution in [0.15, 0.2) is 42.6 Å². The summed E-state index contributed by atoms with van der Waals surface area (Å²) in [5.74, 6) is -0.190. The zero-order valence-corrected chi connectivity index (χ0v) is 32.3. The Bertz CT molecular complexity index is 1840. The average Bonchev–Trinajstić information content (AvgIpc) is 3.36. The maximum absolute atomic E-state index is 14.2.